The SMILES string of the molecule is CC(=O)C[C@@H](C)/C=C/c1ccc(Oc2cnc(N3CCC(F)(F)CC3)nc2)nc1. The van der Waals surface area contributed by atoms with E-state index in [1.54, 1.807) is 24.1 Å². The molecule has 0 bridgehead atoms. The summed E-state index contributed by atoms with van der Waals surface area (Å²) in [6, 6.07) is 3.60. The fraction of sp³-hybridized carbons (Fsp3) is 0.429. The van der Waals surface area contributed by atoms with E-state index >= 15 is 0 Å². The third-order valence-corrected chi connectivity index (χ3v) is 4.60. The lowest BCUT2D eigenvalue weighted by Crippen LogP contribution is -2.40. The van der Waals surface area contributed by atoms with E-state index in [-0.39, 0.29) is 37.6 Å². The largest absolute Gasteiger partial charge is 0.436 e. The predicted octanol–water partition coefficient (Wildman–Crippen LogP) is 4.53. The number of alkyl halides is 2. The molecule has 0 spiro atoms. The van der Waals surface area contributed by atoms with Crippen LogP contribution < -0.4 is 9.64 Å². The number of rotatable bonds is 7. The van der Waals surface area contributed by atoms with E-state index < -0.39 is 5.92 Å². The Balaban J connectivity index is 1.55. The number of halogens is 2. The molecule has 0 unspecified atom stereocenters. The summed E-state index contributed by atoms with van der Waals surface area (Å²) in [7, 11) is 0. The molecule has 0 amide bonds. The summed E-state index contributed by atoms with van der Waals surface area (Å²) in [4.78, 5) is 25.5. The average molecular weight is 402 g/mol. The van der Waals surface area contributed by atoms with Crippen molar-refractivity contribution in [3.8, 4) is 11.6 Å². The smallest absolute Gasteiger partial charge is 0.251 e. The van der Waals surface area contributed by atoms with Crippen molar-refractivity contribution in [2.45, 2.75) is 39.0 Å². The highest BCUT2D eigenvalue weighted by Gasteiger charge is 2.34. The lowest BCUT2D eigenvalue weighted by atomic mass is 10.0. The average Bonchev–Trinajstić information content (AvgIpc) is 2.68. The van der Waals surface area contributed by atoms with Crippen LogP contribution in [0.15, 0.2) is 36.8 Å². The van der Waals surface area contributed by atoms with Crippen LogP contribution >= 0.6 is 0 Å². The van der Waals surface area contributed by atoms with Crippen LogP contribution in [0, 0.1) is 5.92 Å². The van der Waals surface area contributed by atoms with Gasteiger partial charge < -0.3 is 14.4 Å². The van der Waals surface area contributed by atoms with Gasteiger partial charge in [-0.3, -0.25) is 0 Å². The zero-order valence-electron chi connectivity index (χ0n) is 16.5. The number of Topliss-reactive ketones (excluding diaryl/α,β-unsaturated/α-hetero) is 1. The van der Waals surface area contributed by atoms with Crippen LogP contribution in [0.25, 0.3) is 6.08 Å². The van der Waals surface area contributed by atoms with Gasteiger partial charge in [-0.25, -0.2) is 23.7 Å². The van der Waals surface area contributed by atoms with Crippen LogP contribution in [0.1, 0.15) is 38.7 Å². The first kappa shape index (κ1) is 20.8. The zero-order chi connectivity index (χ0) is 20.9. The third-order valence-electron chi connectivity index (χ3n) is 4.60. The van der Waals surface area contributed by atoms with Gasteiger partial charge in [0.25, 0.3) is 5.92 Å². The Bertz CT molecular complexity index is 844. The standard InChI is InChI=1S/C21H24F2N4O2/c1-15(11-16(2)28)3-4-17-5-6-19(24-12-17)29-18-13-25-20(26-14-18)27-9-7-21(22,23)8-10-27/h3-6,12-15H,7-11H2,1-2H3/b4-3+/t15-/m0/s1. The van der Waals surface area contributed by atoms with Gasteiger partial charge in [-0.2, -0.15) is 0 Å². The molecular weight excluding hydrogens is 378 g/mol. The van der Waals surface area contributed by atoms with Crippen LogP contribution in [0.5, 0.6) is 11.6 Å². The Morgan fingerprint density at radius 2 is 1.90 bits per heavy atom. The first-order valence-corrected chi connectivity index (χ1v) is 9.57. The molecule has 0 N–H and O–H groups in total. The van der Waals surface area contributed by atoms with Gasteiger partial charge in [-0.1, -0.05) is 19.1 Å². The molecule has 0 radical (unpaired) electrons. The lowest BCUT2D eigenvalue weighted by Gasteiger charge is -2.31. The minimum atomic E-state index is -2.60. The van der Waals surface area contributed by atoms with Crippen LogP contribution in [0.3, 0.4) is 0 Å². The monoisotopic (exact) mass is 402 g/mol. The molecule has 1 saturated heterocycles. The number of allylic oxidation sites excluding steroid dienone is 1. The number of hydrogen-bond donors (Lipinski definition) is 0. The molecule has 1 aliphatic rings. The van der Waals surface area contributed by atoms with E-state index in [0.717, 1.165) is 5.56 Å². The van der Waals surface area contributed by atoms with Gasteiger partial charge in [-0.05, 0) is 24.5 Å². The van der Waals surface area contributed by atoms with Gasteiger partial charge >= 0.3 is 0 Å². The summed E-state index contributed by atoms with van der Waals surface area (Å²) in [6.45, 7) is 4.03. The van der Waals surface area contributed by atoms with Gasteiger partial charge in [0.15, 0.2) is 5.75 Å². The maximum Gasteiger partial charge on any atom is 0.251 e. The molecule has 0 aliphatic carbocycles. The van der Waals surface area contributed by atoms with Crippen LogP contribution in [-0.4, -0.2) is 39.7 Å². The number of carbonyl (C=O) groups excluding carboxylic acids is 1. The molecular formula is C21H24F2N4O2. The van der Waals surface area contributed by atoms with E-state index in [1.165, 1.54) is 12.4 Å². The molecule has 2 aromatic rings. The molecule has 3 rings (SSSR count). The molecule has 6 nitrogen and oxygen atoms in total. The van der Waals surface area contributed by atoms with Crippen LogP contribution in [-0.2, 0) is 4.79 Å². The van der Waals surface area contributed by atoms with Gasteiger partial charge in [-0.15, -0.1) is 0 Å². The highest BCUT2D eigenvalue weighted by molar-refractivity contribution is 5.76. The molecule has 1 atom stereocenters. The number of ether oxygens (including phenoxy) is 1. The van der Waals surface area contributed by atoms with Crippen LogP contribution in [0.4, 0.5) is 14.7 Å². The van der Waals surface area contributed by atoms with Crippen molar-refractivity contribution < 1.29 is 18.3 Å². The Kier molecular flexibility index (Phi) is 6.51. The Morgan fingerprint density at radius 3 is 2.48 bits per heavy atom. The van der Waals surface area contributed by atoms with E-state index in [4.69, 9.17) is 4.74 Å². The fourth-order valence-electron chi connectivity index (χ4n) is 3.03. The quantitative estimate of drug-likeness (QED) is 0.678. The molecule has 3 heterocycles. The van der Waals surface area contributed by atoms with Crippen molar-refractivity contribution in [2.75, 3.05) is 18.0 Å². The van der Waals surface area contributed by atoms with E-state index in [0.29, 0.717) is 24.0 Å². The topological polar surface area (TPSA) is 68.2 Å². The normalized spacial score (nSPS) is 17.3. The van der Waals surface area contributed by atoms with Crippen LogP contribution in [0.2, 0.25) is 0 Å². The second kappa shape index (κ2) is 9.07. The summed E-state index contributed by atoms with van der Waals surface area (Å²) < 4.78 is 32.2. The van der Waals surface area contributed by atoms with Gasteiger partial charge in [0.05, 0.1) is 12.4 Å². The molecule has 8 heteroatoms. The number of hydrogen-bond acceptors (Lipinski definition) is 6. The number of ketones is 1. The van der Waals surface area contributed by atoms with E-state index in [9.17, 15) is 13.6 Å². The number of aromatic nitrogens is 3. The summed E-state index contributed by atoms with van der Waals surface area (Å²) in [5, 5.41) is 0. The molecule has 2 aromatic heterocycles. The Hall–Kier alpha value is -2.90. The second-order valence-electron chi connectivity index (χ2n) is 7.34. The number of pyridine rings is 1. The molecule has 1 aliphatic heterocycles. The van der Waals surface area contributed by atoms with Gasteiger partial charge in [0, 0.05) is 44.6 Å². The summed E-state index contributed by atoms with van der Waals surface area (Å²) in [5.74, 6) is -1.03. The highest BCUT2D eigenvalue weighted by atomic mass is 19.3. The number of carbonyl (C=O) groups is 1. The Morgan fingerprint density at radius 1 is 1.21 bits per heavy atom. The number of anilines is 1. The summed E-state index contributed by atoms with van der Waals surface area (Å²) >= 11 is 0. The van der Waals surface area contributed by atoms with Gasteiger partial charge in [0.2, 0.25) is 11.8 Å². The van der Waals surface area contributed by atoms with Crippen molar-refractivity contribution in [3.05, 3.63) is 42.4 Å². The zero-order valence-corrected chi connectivity index (χ0v) is 16.5. The second-order valence-corrected chi connectivity index (χ2v) is 7.34. The third kappa shape index (κ3) is 6.30. The van der Waals surface area contributed by atoms with E-state index in [2.05, 4.69) is 15.0 Å². The molecule has 154 valence electrons. The van der Waals surface area contributed by atoms with Crippen molar-refractivity contribution in [1.29, 1.82) is 0 Å². The fourth-order valence-corrected chi connectivity index (χ4v) is 3.03. The molecule has 1 fully saturated rings. The summed E-state index contributed by atoms with van der Waals surface area (Å²) in [5.41, 5.74) is 0.904. The van der Waals surface area contributed by atoms with Crippen molar-refractivity contribution in [1.82, 2.24) is 15.0 Å². The maximum atomic E-state index is 13.3. The minimum absolute atomic E-state index is 0.162. The van der Waals surface area contributed by atoms with Crippen molar-refractivity contribution >= 4 is 17.8 Å². The predicted molar refractivity (Wildman–Crippen MR) is 106 cm³/mol. The van der Waals surface area contributed by atoms with Gasteiger partial charge in [0.1, 0.15) is 5.78 Å². The number of nitrogens with zero attached hydrogens (tertiary/aromatic N) is 4. The Labute approximate surface area is 168 Å². The maximum absolute atomic E-state index is 13.3. The van der Waals surface area contributed by atoms with Crippen molar-refractivity contribution in [2.24, 2.45) is 5.92 Å². The highest BCUT2D eigenvalue weighted by Crippen LogP contribution is 2.29. The number of piperidine rings is 1. The molecule has 0 aromatic carbocycles. The van der Waals surface area contributed by atoms with Crippen molar-refractivity contribution in [3.63, 3.8) is 0 Å². The molecule has 29 heavy (non-hydrogen) atoms. The minimum Gasteiger partial charge on any atom is -0.436 e. The first-order chi connectivity index (χ1) is 13.8. The lowest BCUT2D eigenvalue weighted by molar-refractivity contribution is -0.117. The first-order valence-electron chi connectivity index (χ1n) is 9.57. The molecule has 0 saturated carbocycles. The van der Waals surface area contributed by atoms with E-state index in [1.807, 2.05) is 25.1 Å². The summed E-state index contributed by atoms with van der Waals surface area (Å²) in [6.07, 6.45) is 8.73.